The molecule has 2 aliphatic carbocycles. The third-order valence-corrected chi connectivity index (χ3v) is 11.5. The molecule has 0 aromatic carbocycles. The quantitative estimate of drug-likeness (QED) is 0.350. The van der Waals surface area contributed by atoms with Gasteiger partial charge in [0.05, 0.1) is 34.2 Å². The Labute approximate surface area is 254 Å². The molecule has 1 spiro atoms. The number of rotatable bonds is 4. The van der Waals surface area contributed by atoms with Crippen molar-refractivity contribution in [3.05, 3.63) is 33.5 Å². The summed E-state index contributed by atoms with van der Waals surface area (Å²) in [5.74, 6) is 2.13. The van der Waals surface area contributed by atoms with Gasteiger partial charge in [-0.3, -0.25) is 0 Å². The van der Waals surface area contributed by atoms with Crippen LogP contribution in [-0.4, -0.2) is 73.2 Å². The number of hydrogen-bond acceptors (Lipinski definition) is 11. The van der Waals surface area contributed by atoms with E-state index in [2.05, 4.69) is 35.0 Å². The van der Waals surface area contributed by atoms with Crippen molar-refractivity contribution in [1.29, 1.82) is 5.26 Å². The van der Waals surface area contributed by atoms with E-state index in [4.69, 9.17) is 25.3 Å². The number of β-amino-alcohol motifs (C(OH)–C–C–N with tert-alkyl or cyclic N) is 1. The highest BCUT2D eigenvalue weighted by molar-refractivity contribution is 7.16. The number of thiophene rings is 1. The van der Waals surface area contributed by atoms with Gasteiger partial charge in [-0.25, -0.2) is 14.6 Å². The van der Waals surface area contributed by atoms with Crippen LogP contribution >= 0.6 is 11.3 Å². The largest absolute Gasteiger partial charge is 0.389 e. The number of nitrogens with zero attached hydrogens (tertiary/aromatic N) is 8. The number of likely N-dealkylation sites (tertiary alicyclic amines) is 1. The molecule has 224 valence electrons. The van der Waals surface area contributed by atoms with Crippen molar-refractivity contribution in [3.8, 4) is 17.6 Å². The molecule has 0 saturated carbocycles. The van der Waals surface area contributed by atoms with E-state index in [0.717, 1.165) is 85.2 Å². The molecule has 4 aromatic heterocycles. The molecular weight excluding hydrogens is 562 g/mol. The third-order valence-electron chi connectivity index (χ3n) is 10.4. The fourth-order valence-corrected chi connectivity index (χ4v) is 9.57. The molecule has 6 heterocycles. The number of nitriles is 1. The fraction of sp³-hybridized carbons (Fsp3) is 0.581. The Kier molecular flexibility index (Phi) is 5.97. The second kappa shape index (κ2) is 9.48. The van der Waals surface area contributed by atoms with Crippen LogP contribution in [0.2, 0.25) is 0 Å². The highest BCUT2D eigenvalue weighted by atomic mass is 32.1. The Bertz CT molecular complexity index is 1790. The van der Waals surface area contributed by atoms with Crippen LogP contribution in [0.25, 0.3) is 22.6 Å². The summed E-state index contributed by atoms with van der Waals surface area (Å²) in [5, 5.41) is 31.7. The molecule has 8 rings (SSSR count). The number of aryl methyl sites for hydroxylation is 1. The Morgan fingerprint density at radius 3 is 2.72 bits per heavy atom. The second-order valence-corrected chi connectivity index (χ2v) is 14.5. The minimum Gasteiger partial charge on any atom is -0.389 e. The minimum atomic E-state index is -0.758. The van der Waals surface area contributed by atoms with E-state index >= 15 is 0 Å². The van der Waals surface area contributed by atoms with E-state index in [1.165, 1.54) is 11.3 Å². The van der Waals surface area contributed by atoms with Crippen molar-refractivity contribution < 1.29 is 9.63 Å². The maximum atomic E-state index is 10.6. The Balaban J connectivity index is 1.28. The van der Waals surface area contributed by atoms with E-state index in [-0.39, 0.29) is 6.04 Å². The van der Waals surface area contributed by atoms with Gasteiger partial charge in [0, 0.05) is 29.6 Å². The number of anilines is 2. The lowest BCUT2D eigenvalue weighted by Gasteiger charge is -2.45. The van der Waals surface area contributed by atoms with Crippen LogP contribution in [0.4, 0.5) is 10.8 Å². The summed E-state index contributed by atoms with van der Waals surface area (Å²) < 4.78 is 8.33. The number of nitrogens with two attached hydrogens (primary N) is 1. The summed E-state index contributed by atoms with van der Waals surface area (Å²) in [4.78, 5) is 15.9. The molecule has 11 nitrogen and oxygen atoms in total. The fourth-order valence-electron chi connectivity index (χ4n) is 8.41. The van der Waals surface area contributed by atoms with Crippen LogP contribution in [0.15, 0.2) is 10.7 Å². The average Bonchev–Trinajstić information content (AvgIpc) is 3.76. The molecule has 43 heavy (non-hydrogen) atoms. The van der Waals surface area contributed by atoms with Crippen molar-refractivity contribution in [3.63, 3.8) is 0 Å². The Morgan fingerprint density at radius 2 is 2.00 bits per heavy atom. The van der Waals surface area contributed by atoms with Gasteiger partial charge < -0.3 is 25.2 Å². The lowest BCUT2D eigenvalue weighted by Crippen LogP contribution is -2.60. The number of likely N-dealkylation sites (N-methyl/N-ethyl adjacent to an activating group) is 1. The summed E-state index contributed by atoms with van der Waals surface area (Å²) >= 11 is 1.55. The molecular formula is C31H37N9O2S. The van der Waals surface area contributed by atoms with Crippen molar-refractivity contribution >= 4 is 33.2 Å². The minimum absolute atomic E-state index is 0.128. The molecule has 0 bridgehead atoms. The van der Waals surface area contributed by atoms with Crippen molar-refractivity contribution in [2.45, 2.75) is 88.3 Å². The van der Waals surface area contributed by atoms with Crippen LogP contribution in [0, 0.1) is 11.3 Å². The van der Waals surface area contributed by atoms with E-state index in [0.29, 0.717) is 41.2 Å². The van der Waals surface area contributed by atoms with Crippen LogP contribution in [0.5, 0.6) is 0 Å². The van der Waals surface area contributed by atoms with E-state index in [9.17, 15) is 10.4 Å². The van der Waals surface area contributed by atoms with Crippen molar-refractivity contribution in [1.82, 2.24) is 29.8 Å². The molecule has 0 amide bonds. The number of nitrogen functional groups attached to an aromatic ring is 1. The number of aromatic nitrogens is 5. The smallest absolute Gasteiger partial charge is 0.186 e. The van der Waals surface area contributed by atoms with Gasteiger partial charge in [0.1, 0.15) is 16.9 Å². The van der Waals surface area contributed by atoms with E-state index < -0.39 is 11.0 Å². The SMILES string of the molecule is CC(C1CCCN1C)n1ncc2c(N3CC(C)(O)C3)nc(-c3noc4c3CCCC43CCCc4sc(N)c(C#N)c43)nc21. The summed E-state index contributed by atoms with van der Waals surface area (Å²) in [6, 6.07) is 2.91. The number of fused-ring (bicyclic) bond motifs is 5. The molecule has 3 N–H and O–H groups in total. The number of hydrogen-bond donors (Lipinski definition) is 2. The van der Waals surface area contributed by atoms with Crippen molar-refractivity contribution in [2.75, 3.05) is 37.3 Å². The number of aliphatic hydroxyl groups is 1. The van der Waals surface area contributed by atoms with Crippen LogP contribution < -0.4 is 10.6 Å². The van der Waals surface area contributed by atoms with Gasteiger partial charge in [0.25, 0.3) is 0 Å². The van der Waals surface area contributed by atoms with Gasteiger partial charge in [0.2, 0.25) is 0 Å². The third kappa shape index (κ3) is 3.90. The summed E-state index contributed by atoms with van der Waals surface area (Å²) in [6.07, 6.45) is 9.69. The average molecular weight is 600 g/mol. The first-order chi connectivity index (χ1) is 20.7. The predicted octanol–water partition coefficient (Wildman–Crippen LogP) is 4.18. The van der Waals surface area contributed by atoms with Gasteiger partial charge in [-0.15, -0.1) is 11.3 Å². The zero-order valence-electron chi connectivity index (χ0n) is 24.9. The van der Waals surface area contributed by atoms with E-state index in [1.54, 1.807) is 11.3 Å². The van der Waals surface area contributed by atoms with Gasteiger partial charge in [-0.1, -0.05) is 5.16 Å². The van der Waals surface area contributed by atoms with Gasteiger partial charge in [0.15, 0.2) is 22.9 Å². The second-order valence-electron chi connectivity index (χ2n) is 13.4. The molecule has 12 heteroatoms. The predicted molar refractivity (Wildman–Crippen MR) is 164 cm³/mol. The van der Waals surface area contributed by atoms with Crippen LogP contribution in [0.1, 0.15) is 85.7 Å². The monoisotopic (exact) mass is 599 g/mol. The molecule has 3 atom stereocenters. The molecule has 3 unspecified atom stereocenters. The molecule has 2 aliphatic heterocycles. The molecule has 2 saturated heterocycles. The maximum absolute atomic E-state index is 10.6. The highest BCUT2D eigenvalue weighted by Gasteiger charge is 2.49. The normalized spacial score (nSPS) is 25.5. The van der Waals surface area contributed by atoms with Crippen LogP contribution in [-0.2, 0) is 18.3 Å². The first-order valence-electron chi connectivity index (χ1n) is 15.4. The summed E-state index contributed by atoms with van der Waals surface area (Å²) in [6.45, 7) is 6.13. The molecule has 2 fully saturated rings. The Morgan fingerprint density at radius 1 is 1.21 bits per heavy atom. The lowest BCUT2D eigenvalue weighted by molar-refractivity contribution is 0.0307. The van der Waals surface area contributed by atoms with Gasteiger partial charge >= 0.3 is 0 Å². The molecule has 4 aromatic rings. The first kappa shape index (κ1) is 27.0. The Hall–Kier alpha value is -3.53. The topological polar surface area (TPSA) is 146 Å². The van der Waals surface area contributed by atoms with Gasteiger partial charge in [-0.05, 0) is 84.4 Å². The summed E-state index contributed by atoms with van der Waals surface area (Å²) in [7, 11) is 2.18. The maximum Gasteiger partial charge on any atom is 0.186 e. The van der Waals surface area contributed by atoms with Crippen molar-refractivity contribution in [2.24, 2.45) is 0 Å². The zero-order chi connectivity index (χ0) is 29.7. The van der Waals surface area contributed by atoms with Crippen LogP contribution in [0.3, 0.4) is 0 Å². The van der Waals surface area contributed by atoms with Gasteiger partial charge in [-0.2, -0.15) is 10.4 Å². The standard InChI is InChI=1S/C31H37N9O2S/c1-17(21-8-6-12-38(21)3)40-29-20(14-34-40)28(39-15-30(2,41)16-39)35-27(36-29)24-18-7-4-10-31(25(18)42-37-24)11-5-9-22-23(31)19(13-32)26(33)43-22/h14,17,21,41H,4-12,15-16,33H2,1-3H3. The summed E-state index contributed by atoms with van der Waals surface area (Å²) in [5.41, 5.74) is 9.32. The molecule has 4 aliphatic rings. The molecule has 0 radical (unpaired) electrons. The lowest BCUT2D eigenvalue weighted by atomic mass is 9.63. The zero-order valence-corrected chi connectivity index (χ0v) is 25.7. The van der Waals surface area contributed by atoms with E-state index in [1.807, 2.05) is 17.8 Å². The highest BCUT2D eigenvalue weighted by Crippen LogP contribution is 2.55. The first-order valence-corrected chi connectivity index (χ1v) is 16.3.